The van der Waals surface area contributed by atoms with Crippen LogP contribution in [-0.2, 0) is 12.6 Å². The molecule has 1 atom stereocenters. The summed E-state index contributed by atoms with van der Waals surface area (Å²) < 4.78 is 58.1. The van der Waals surface area contributed by atoms with Crippen molar-refractivity contribution < 1.29 is 17.6 Å². The van der Waals surface area contributed by atoms with E-state index in [2.05, 4.69) is 19.9 Å². The van der Waals surface area contributed by atoms with Crippen LogP contribution < -0.4 is 4.90 Å². The molecule has 2 aromatic heterocycles. The molecule has 35 heavy (non-hydrogen) atoms. The zero-order valence-electron chi connectivity index (χ0n) is 18.9. The number of hydrogen-bond acceptors (Lipinski definition) is 4. The van der Waals surface area contributed by atoms with Gasteiger partial charge in [0.2, 0.25) is 5.95 Å². The number of aromatic nitrogens is 4. The smallest absolute Gasteiger partial charge is 0.341 e. The highest BCUT2D eigenvalue weighted by Gasteiger charge is 2.37. The van der Waals surface area contributed by atoms with Gasteiger partial charge in [-0.3, -0.25) is 0 Å². The maximum Gasteiger partial charge on any atom is 0.416 e. The number of fused-ring (bicyclic) bond motifs is 3. The van der Waals surface area contributed by atoms with Crippen molar-refractivity contribution in [2.45, 2.75) is 44.3 Å². The number of alkyl halides is 3. The molecule has 0 amide bonds. The van der Waals surface area contributed by atoms with E-state index in [1.807, 2.05) is 4.57 Å². The van der Waals surface area contributed by atoms with E-state index in [0.29, 0.717) is 46.8 Å². The van der Waals surface area contributed by atoms with E-state index in [0.717, 1.165) is 32.0 Å². The summed E-state index contributed by atoms with van der Waals surface area (Å²) in [6.45, 7) is 1.81. The molecule has 0 aliphatic carbocycles. The summed E-state index contributed by atoms with van der Waals surface area (Å²) in [5, 5.41) is 0. The molecule has 5 nitrogen and oxygen atoms in total. The minimum atomic E-state index is -4.46. The molecule has 2 aromatic carbocycles. The van der Waals surface area contributed by atoms with Crippen LogP contribution in [0.5, 0.6) is 0 Å². The molecule has 0 bridgehead atoms. The fraction of sp³-hybridized carbons (Fsp3) is 0.346. The average molecular weight is 481 g/mol. The van der Waals surface area contributed by atoms with Crippen LogP contribution >= 0.6 is 0 Å². The molecule has 1 fully saturated rings. The van der Waals surface area contributed by atoms with Gasteiger partial charge in [-0.1, -0.05) is 18.2 Å². The lowest BCUT2D eigenvalue weighted by atomic mass is 9.98. The van der Waals surface area contributed by atoms with E-state index in [1.54, 1.807) is 24.5 Å². The summed E-state index contributed by atoms with van der Waals surface area (Å²) in [5.74, 6) is 0.829. The topological polar surface area (TPSA) is 46.8 Å². The molecule has 0 saturated carbocycles. The van der Waals surface area contributed by atoms with Crippen molar-refractivity contribution >= 4 is 17.0 Å². The number of aryl methyl sites for hydroxylation is 1. The molecule has 0 unspecified atom stereocenters. The van der Waals surface area contributed by atoms with E-state index in [1.165, 1.54) is 24.6 Å². The molecule has 2 aliphatic rings. The van der Waals surface area contributed by atoms with Crippen molar-refractivity contribution in [3.05, 3.63) is 71.6 Å². The second-order valence-electron chi connectivity index (χ2n) is 9.18. The van der Waals surface area contributed by atoms with Gasteiger partial charge in [-0.15, -0.1) is 0 Å². The molecule has 0 radical (unpaired) electrons. The second-order valence-corrected chi connectivity index (χ2v) is 9.18. The number of hydrogen-bond donors (Lipinski definition) is 0. The summed E-state index contributed by atoms with van der Waals surface area (Å²) in [6, 6.07) is 8.13. The number of anilines is 1. The number of rotatable bonds is 3. The van der Waals surface area contributed by atoms with Gasteiger partial charge in [0.25, 0.3) is 0 Å². The number of imidazole rings is 1. The predicted molar refractivity (Wildman–Crippen MR) is 125 cm³/mol. The van der Waals surface area contributed by atoms with Crippen molar-refractivity contribution in [3.63, 3.8) is 0 Å². The highest BCUT2D eigenvalue weighted by Crippen LogP contribution is 2.42. The van der Waals surface area contributed by atoms with E-state index in [-0.39, 0.29) is 5.56 Å². The Morgan fingerprint density at radius 2 is 1.69 bits per heavy atom. The Bertz CT molecular complexity index is 1390. The Labute approximate surface area is 199 Å². The van der Waals surface area contributed by atoms with E-state index in [9.17, 15) is 13.2 Å². The fourth-order valence-electron chi connectivity index (χ4n) is 5.36. The van der Waals surface area contributed by atoms with E-state index in [4.69, 9.17) is 0 Å². The molecule has 1 saturated heterocycles. The monoisotopic (exact) mass is 481 g/mol. The molecular formula is C26H23F4N5. The first-order valence-corrected chi connectivity index (χ1v) is 11.8. The molecule has 9 heteroatoms. The molecule has 6 rings (SSSR count). The van der Waals surface area contributed by atoms with Crippen molar-refractivity contribution in [2.24, 2.45) is 0 Å². The summed E-state index contributed by atoms with van der Waals surface area (Å²) in [4.78, 5) is 15.6. The third kappa shape index (κ3) is 3.83. The van der Waals surface area contributed by atoms with Crippen LogP contribution in [0.1, 0.15) is 48.7 Å². The van der Waals surface area contributed by atoms with Crippen LogP contribution in [0.25, 0.3) is 22.2 Å². The Morgan fingerprint density at radius 3 is 2.43 bits per heavy atom. The molecule has 4 heterocycles. The third-order valence-corrected chi connectivity index (χ3v) is 7.02. The minimum absolute atomic E-state index is 0.207. The molecule has 0 spiro atoms. The standard InChI is InChI=1S/C26H23F4N5/c27-20-13-21-23(12-18(20)16-14-31-25(32-15-16)34-10-4-1-5-11-34)35-22(8-9-24(35)33-21)17-6-2-3-7-19(17)26(28,29)30/h2-3,6-7,12-15,22H,1,4-5,8-11H2/t22-/m1/s1. The zero-order valence-corrected chi connectivity index (χ0v) is 18.9. The lowest BCUT2D eigenvalue weighted by Crippen LogP contribution is -2.30. The van der Waals surface area contributed by atoms with Crippen molar-refractivity contribution in [2.75, 3.05) is 18.0 Å². The summed E-state index contributed by atoms with van der Waals surface area (Å²) in [6.07, 6.45) is 3.19. The van der Waals surface area contributed by atoms with Crippen molar-refractivity contribution in [1.82, 2.24) is 19.5 Å². The molecule has 4 aromatic rings. The van der Waals surface area contributed by atoms with Gasteiger partial charge in [-0.25, -0.2) is 19.3 Å². The highest BCUT2D eigenvalue weighted by molar-refractivity contribution is 5.83. The summed E-state index contributed by atoms with van der Waals surface area (Å²) in [5.41, 5.74) is 1.42. The SMILES string of the molecule is Fc1cc2nc3n(c2cc1-c1cnc(N2CCCCC2)nc1)[C@@H](c1ccccc1C(F)(F)F)CC3. The number of halogens is 4. The van der Waals surface area contributed by atoms with Crippen LogP contribution in [0.2, 0.25) is 0 Å². The fourth-order valence-corrected chi connectivity index (χ4v) is 5.36. The van der Waals surface area contributed by atoms with Crippen LogP contribution in [0, 0.1) is 5.82 Å². The maximum atomic E-state index is 15.1. The summed E-state index contributed by atoms with van der Waals surface area (Å²) >= 11 is 0. The van der Waals surface area contributed by atoms with Crippen molar-refractivity contribution in [3.8, 4) is 11.1 Å². The lowest BCUT2D eigenvalue weighted by Gasteiger charge is -2.26. The van der Waals surface area contributed by atoms with Gasteiger partial charge in [-0.2, -0.15) is 13.2 Å². The Hall–Kier alpha value is -3.49. The first-order valence-electron chi connectivity index (χ1n) is 11.8. The van der Waals surface area contributed by atoms with Crippen LogP contribution in [-0.4, -0.2) is 32.6 Å². The van der Waals surface area contributed by atoms with Crippen LogP contribution in [0.3, 0.4) is 0 Å². The maximum absolute atomic E-state index is 15.1. The second kappa shape index (κ2) is 8.32. The van der Waals surface area contributed by atoms with Crippen LogP contribution in [0.4, 0.5) is 23.5 Å². The quantitative estimate of drug-likeness (QED) is 0.328. The highest BCUT2D eigenvalue weighted by atomic mass is 19.4. The predicted octanol–water partition coefficient (Wildman–Crippen LogP) is 6.18. The first kappa shape index (κ1) is 22.0. The lowest BCUT2D eigenvalue weighted by molar-refractivity contribution is -0.138. The molecule has 2 aliphatic heterocycles. The molecule has 0 N–H and O–H groups in total. The Morgan fingerprint density at radius 1 is 0.943 bits per heavy atom. The minimum Gasteiger partial charge on any atom is -0.341 e. The Kier molecular flexibility index (Phi) is 5.23. The van der Waals surface area contributed by atoms with Gasteiger partial charge in [0, 0.05) is 49.1 Å². The Balaban J connectivity index is 1.41. The number of benzene rings is 2. The number of piperidine rings is 1. The van der Waals surface area contributed by atoms with Gasteiger partial charge >= 0.3 is 6.18 Å². The molecular weight excluding hydrogens is 458 g/mol. The third-order valence-electron chi connectivity index (χ3n) is 7.02. The van der Waals surface area contributed by atoms with E-state index < -0.39 is 23.6 Å². The van der Waals surface area contributed by atoms with Crippen molar-refractivity contribution in [1.29, 1.82) is 0 Å². The van der Waals surface area contributed by atoms with Gasteiger partial charge < -0.3 is 9.47 Å². The summed E-state index contributed by atoms with van der Waals surface area (Å²) in [7, 11) is 0. The normalized spacial score (nSPS) is 18.3. The van der Waals surface area contributed by atoms with Gasteiger partial charge in [-0.05, 0) is 43.4 Å². The van der Waals surface area contributed by atoms with Crippen LogP contribution in [0.15, 0.2) is 48.8 Å². The van der Waals surface area contributed by atoms with Gasteiger partial charge in [0.15, 0.2) is 0 Å². The van der Waals surface area contributed by atoms with E-state index >= 15 is 4.39 Å². The van der Waals surface area contributed by atoms with Gasteiger partial charge in [0.05, 0.1) is 22.6 Å². The number of nitrogens with zero attached hydrogens (tertiary/aromatic N) is 5. The zero-order chi connectivity index (χ0) is 24.2. The largest absolute Gasteiger partial charge is 0.416 e. The first-order chi connectivity index (χ1) is 16.9. The van der Waals surface area contributed by atoms with Gasteiger partial charge in [0.1, 0.15) is 11.6 Å². The molecule has 180 valence electrons. The average Bonchev–Trinajstić information content (AvgIpc) is 3.43.